The maximum Gasteiger partial charge on any atom is 0.573 e. The Morgan fingerprint density at radius 3 is 2.61 bits per heavy atom. The molecule has 0 saturated carbocycles. The van der Waals surface area contributed by atoms with Crippen LogP contribution in [0.3, 0.4) is 0 Å². The summed E-state index contributed by atoms with van der Waals surface area (Å²) in [7, 11) is 1.50. The molecule has 1 amide bonds. The third-order valence-electron chi connectivity index (χ3n) is 5.67. The molecule has 2 heterocycles. The molecular weight excluding hydrogens is 486 g/mol. The molecule has 1 aliphatic heterocycles. The normalized spacial score (nSPS) is 16.9. The van der Waals surface area contributed by atoms with Crippen LogP contribution in [0.1, 0.15) is 38.4 Å². The van der Waals surface area contributed by atoms with Crippen molar-refractivity contribution in [2.75, 3.05) is 19.0 Å². The van der Waals surface area contributed by atoms with Gasteiger partial charge in [-0.3, -0.25) is 9.78 Å². The maximum atomic E-state index is 14.7. The zero-order chi connectivity index (χ0) is 26.1. The number of carboxylic acid groups (broad SMARTS) is 1. The predicted octanol–water partition coefficient (Wildman–Crippen LogP) is 4.32. The smallest absolute Gasteiger partial charge is 0.491 e. The van der Waals surface area contributed by atoms with Crippen molar-refractivity contribution < 1.29 is 41.7 Å². The number of aromatic carboxylic acids is 1. The third-order valence-corrected chi connectivity index (χ3v) is 5.67. The summed E-state index contributed by atoms with van der Waals surface area (Å²) < 4.78 is 62.0. The van der Waals surface area contributed by atoms with Crippen molar-refractivity contribution in [2.45, 2.75) is 18.3 Å². The van der Waals surface area contributed by atoms with Crippen molar-refractivity contribution in [1.82, 2.24) is 10.3 Å². The molecule has 0 radical (unpaired) electrons. The molecule has 8 nitrogen and oxygen atoms in total. The second-order valence-corrected chi connectivity index (χ2v) is 7.82. The van der Waals surface area contributed by atoms with E-state index in [9.17, 15) is 32.3 Å². The fourth-order valence-electron chi connectivity index (χ4n) is 4.05. The largest absolute Gasteiger partial charge is 0.573 e. The number of halogens is 4. The van der Waals surface area contributed by atoms with Gasteiger partial charge < -0.3 is 25.2 Å². The Morgan fingerprint density at radius 1 is 1.17 bits per heavy atom. The standard InChI is InChI=1S/C24H19F4N3O5/c1-29-17-11-13(4-6-15(17)22(33)34)21(32)31-23(8-10-35-19-3-2-9-30-20(19)23)14-5-7-18(16(25)12-14)36-24(26,27)28/h2-7,9,11-12,29H,8,10H2,1H3,(H,31,32)(H,33,34)/t23-/m0/s1. The van der Waals surface area contributed by atoms with E-state index in [1.54, 1.807) is 12.1 Å². The number of fused-ring (bicyclic) bond motifs is 1. The quantitative estimate of drug-likeness (QED) is 0.428. The van der Waals surface area contributed by atoms with E-state index in [0.29, 0.717) is 5.75 Å². The fourth-order valence-corrected chi connectivity index (χ4v) is 4.05. The molecule has 36 heavy (non-hydrogen) atoms. The van der Waals surface area contributed by atoms with Crippen LogP contribution in [-0.4, -0.2) is 42.0 Å². The Bertz CT molecular complexity index is 1330. The number of nitrogens with one attached hydrogen (secondary N) is 2. The van der Waals surface area contributed by atoms with Gasteiger partial charge in [0.15, 0.2) is 11.6 Å². The second-order valence-electron chi connectivity index (χ2n) is 7.82. The zero-order valence-electron chi connectivity index (χ0n) is 18.6. The SMILES string of the molecule is CNc1cc(C(=O)N[C@]2(c3ccc(OC(F)(F)F)c(F)c3)CCOc3cccnc32)ccc1C(=O)O. The maximum absolute atomic E-state index is 14.7. The van der Waals surface area contributed by atoms with E-state index < -0.39 is 35.3 Å². The molecule has 4 rings (SSSR count). The number of rotatable bonds is 6. The summed E-state index contributed by atoms with van der Waals surface area (Å²) in [5.74, 6) is -3.85. The topological polar surface area (TPSA) is 110 Å². The van der Waals surface area contributed by atoms with Crippen LogP contribution in [0.2, 0.25) is 0 Å². The summed E-state index contributed by atoms with van der Waals surface area (Å²) >= 11 is 0. The number of carbonyl (C=O) groups excluding carboxylic acids is 1. The number of hydrogen-bond donors (Lipinski definition) is 3. The van der Waals surface area contributed by atoms with E-state index in [2.05, 4.69) is 20.4 Å². The first-order valence-electron chi connectivity index (χ1n) is 10.6. The lowest BCUT2D eigenvalue weighted by Crippen LogP contribution is -2.50. The Hall–Kier alpha value is -4.35. The second kappa shape index (κ2) is 9.36. The van der Waals surface area contributed by atoms with Gasteiger partial charge >= 0.3 is 12.3 Å². The van der Waals surface area contributed by atoms with Gasteiger partial charge in [-0.25, -0.2) is 9.18 Å². The molecule has 188 valence electrons. The number of anilines is 1. The van der Waals surface area contributed by atoms with Crippen LogP contribution in [0, 0.1) is 5.82 Å². The number of carboxylic acids is 1. The van der Waals surface area contributed by atoms with Crippen molar-refractivity contribution in [1.29, 1.82) is 0 Å². The van der Waals surface area contributed by atoms with Gasteiger partial charge in [-0.05, 0) is 48.0 Å². The number of alkyl halides is 3. The highest BCUT2D eigenvalue weighted by atomic mass is 19.4. The minimum atomic E-state index is -5.09. The molecule has 2 aromatic carbocycles. The molecule has 12 heteroatoms. The predicted molar refractivity (Wildman–Crippen MR) is 119 cm³/mol. The summed E-state index contributed by atoms with van der Waals surface area (Å²) in [6, 6.07) is 9.99. The van der Waals surface area contributed by atoms with Crippen molar-refractivity contribution in [3.05, 3.63) is 82.9 Å². The summed E-state index contributed by atoms with van der Waals surface area (Å²) in [6.07, 6.45) is -3.57. The molecule has 1 aromatic heterocycles. The highest BCUT2D eigenvalue weighted by molar-refractivity contribution is 6.00. The van der Waals surface area contributed by atoms with Crippen molar-refractivity contribution in [3.63, 3.8) is 0 Å². The minimum Gasteiger partial charge on any atom is -0.491 e. The number of hydrogen-bond acceptors (Lipinski definition) is 6. The van der Waals surface area contributed by atoms with Gasteiger partial charge in [0.2, 0.25) is 0 Å². The van der Waals surface area contributed by atoms with Crippen LogP contribution in [0.15, 0.2) is 54.7 Å². The summed E-state index contributed by atoms with van der Waals surface area (Å²) in [6.45, 7) is 0.0844. The Morgan fingerprint density at radius 2 is 1.94 bits per heavy atom. The molecule has 3 aromatic rings. The van der Waals surface area contributed by atoms with Crippen molar-refractivity contribution in [3.8, 4) is 11.5 Å². The van der Waals surface area contributed by atoms with E-state index >= 15 is 0 Å². The van der Waals surface area contributed by atoms with E-state index in [-0.39, 0.29) is 41.1 Å². The molecule has 0 bridgehead atoms. The van der Waals surface area contributed by atoms with Gasteiger partial charge in [0.1, 0.15) is 17.0 Å². The Kier molecular flexibility index (Phi) is 6.44. The lowest BCUT2D eigenvalue weighted by molar-refractivity contribution is -0.275. The van der Waals surface area contributed by atoms with Gasteiger partial charge in [0.25, 0.3) is 5.91 Å². The first-order valence-corrected chi connectivity index (χ1v) is 10.6. The third kappa shape index (κ3) is 4.74. The molecule has 1 atom stereocenters. The summed E-state index contributed by atoms with van der Waals surface area (Å²) in [4.78, 5) is 29.1. The average molecular weight is 505 g/mol. The average Bonchev–Trinajstić information content (AvgIpc) is 2.84. The van der Waals surface area contributed by atoms with E-state index in [0.717, 1.165) is 12.1 Å². The van der Waals surface area contributed by atoms with Gasteiger partial charge in [-0.2, -0.15) is 0 Å². The van der Waals surface area contributed by atoms with E-state index in [4.69, 9.17) is 4.74 Å². The molecule has 3 N–H and O–H groups in total. The van der Waals surface area contributed by atoms with Crippen LogP contribution < -0.4 is 20.1 Å². The number of carbonyl (C=O) groups is 2. The number of nitrogens with zero attached hydrogens (tertiary/aromatic N) is 1. The molecule has 0 saturated heterocycles. The van der Waals surface area contributed by atoms with Gasteiger partial charge in [-0.1, -0.05) is 6.07 Å². The van der Waals surface area contributed by atoms with Crippen molar-refractivity contribution in [2.24, 2.45) is 0 Å². The summed E-state index contributed by atoms with van der Waals surface area (Å²) in [5.41, 5.74) is -0.912. The zero-order valence-corrected chi connectivity index (χ0v) is 18.6. The van der Waals surface area contributed by atoms with Crippen molar-refractivity contribution >= 4 is 17.6 Å². The Labute approximate surface area is 201 Å². The van der Waals surface area contributed by atoms with Crippen LogP contribution in [-0.2, 0) is 5.54 Å². The minimum absolute atomic E-state index is 0.0517. The number of ether oxygens (including phenoxy) is 2. The number of amides is 1. The van der Waals surface area contributed by atoms with Gasteiger partial charge in [0, 0.05) is 30.9 Å². The fraction of sp³-hybridized carbons (Fsp3) is 0.208. The molecule has 0 spiro atoms. The highest BCUT2D eigenvalue weighted by Gasteiger charge is 2.43. The lowest BCUT2D eigenvalue weighted by atomic mass is 9.81. The molecule has 0 unspecified atom stereocenters. The van der Waals surface area contributed by atoms with Crippen LogP contribution >= 0.6 is 0 Å². The van der Waals surface area contributed by atoms with Gasteiger partial charge in [0.05, 0.1) is 12.2 Å². The lowest BCUT2D eigenvalue weighted by Gasteiger charge is -2.39. The monoisotopic (exact) mass is 505 g/mol. The van der Waals surface area contributed by atoms with E-state index in [1.165, 1.54) is 37.5 Å². The number of benzene rings is 2. The first kappa shape index (κ1) is 24.8. The number of aromatic nitrogens is 1. The van der Waals surface area contributed by atoms with E-state index in [1.807, 2.05) is 0 Å². The van der Waals surface area contributed by atoms with Crippen LogP contribution in [0.4, 0.5) is 23.2 Å². The molecule has 0 fully saturated rings. The molecular formula is C24H19F4N3O5. The first-order chi connectivity index (χ1) is 17.0. The Balaban J connectivity index is 1.80. The van der Waals surface area contributed by atoms with Crippen LogP contribution in [0.25, 0.3) is 0 Å². The summed E-state index contributed by atoms with van der Waals surface area (Å²) in [5, 5.41) is 14.9. The highest BCUT2D eigenvalue weighted by Crippen LogP contribution is 2.42. The molecule has 1 aliphatic rings. The molecule has 0 aliphatic carbocycles. The van der Waals surface area contributed by atoms with Crippen LogP contribution in [0.5, 0.6) is 11.5 Å². The van der Waals surface area contributed by atoms with Gasteiger partial charge in [-0.15, -0.1) is 13.2 Å². The number of pyridine rings is 1.